The molecule has 0 saturated heterocycles. The zero-order valence-corrected chi connectivity index (χ0v) is 28.6. The lowest BCUT2D eigenvalue weighted by molar-refractivity contribution is 0.590. The van der Waals surface area contributed by atoms with Crippen LogP contribution in [-0.4, -0.2) is 6.71 Å². The standard InChI is InChI=1S/C46H33BN2O2/c1-46(2,3)28-24-39-45-40(25-28)49(30-21-23-34-32-13-5-11-19-42(32)51-44(34)27-30)38-17-9-7-15-36(38)47(45)35-14-6-8-16-37(35)48(39)29-20-22-33-31-12-4-10-18-41(31)50-43(33)26-29/h4-27H,1-3H3. The summed E-state index contributed by atoms with van der Waals surface area (Å²) >= 11 is 0. The molecule has 2 aliphatic heterocycles. The molecule has 242 valence electrons. The molecule has 0 amide bonds. The number of benzene rings is 7. The third kappa shape index (κ3) is 4.03. The van der Waals surface area contributed by atoms with E-state index in [1.807, 2.05) is 24.3 Å². The Hall–Kier alpha value is -6.20. The van der Waals surface area contributed by atoms with E-state index in [0.717, 1.165) is 55.3 Å². The molecule has 0 N–H and O–H groups in total. The fourth-order valence-electron chi connectivity index (χ4n) is 8.59. The molecule has 0 aliphatic carbocycles. The van der Waals surface area contributed by atoms with E-state index in [1.165, 1.54) is 44.7 Å². The SMILES string of the molecule is CC(C)(C)c1cc2c3c(c1)N(c1ccc4c(c1)oc1ccccc14)c1ccccc1B3c1ccccc1N2c1ccc2c(c1)oc1ccccc12. The molecule has 51 heavy (non-hydrogen) atoms. The third-order valence-electron chi connectivity index (χ3n) is 11.0. The van der Waals surface area contributed by atoms with Gasteiger partial charge < -0.3 is 18.6 Å². The molecule has 0 fully saturated rings. The largest absolute Gasteiger partial charge is 0.456 e. The van der Waals surface area contributed by atoms with Gasteiger partial charge in [-0.25, -0.2) is 0 Å². The van der Waals surface area contributed by atoms with Gasteiger partial charge >= 0.3 is 0 Å². The van der Waals surface area contributed by atoms with Crippen LogP contribution >= 0.6 is 0 Å². The Bertz CT molecular complexity index is 2710. The molecule has 5 heteroatoms. The molecule has 2 aromatic heterocycles. The Morgan fingerprint density at radius 2 is 0.863 bits per heavy atom. The van der Waals surface area contributed by atoms with E-state index in [0.29, 0.717) is 0 Å². The molecule has 2 aliphatic rings. The van der Waals surface area contributed by atoms with Crippen molar-refractivity contribution in [2.45, 2.75) is 26.2 Å². The van der Waals surface area contributed by atoms with Crippen LogP contribution in [0.1, 0.15) is 26.3 Å². The summed E-state index contributed by atoms with van der Waals surface area (Å²) in [6, 6.07) is 52.7. The highest BCUT2D eigenvalue weighted by molar-refractivity contribution is 7.00. The highest BCUT2D eigenvalue weighted by atomic mass is 16.3. The number of fused-ring (bicyclic) bond motifs is 10. The maximum atomic E-state index is 6.45. The van der Waals surface area contributed by atoms with Crippen LogP contribution < -0.4 is 26.2 Å². The minimum Gasteiger partial charge on any atom is -0.456 e. The lowest BCUT2D eigenvalue weighted by atomic mass is 9.33. The minimum atomic E-state index is -0.0995. The van der Waals surface area contributed by atoms with Gasteiger partial charge in [0.1, 0.15) is 22.3 Å². The second-order valence-electron chi connectivity index (χ2n) is 15.0. The Kier molecular flexibility index (Phi) is 5.71. The number of hydrogen-bond acceptors (Lipinski definition) is 4. The molecule has 0 bridgehead atoms. The number of para-hydroxylation sites is 4. The van der Waals surface area contributed by atoms with E-state index < -0.39 is 0 Å². The fraction of sp³-hybridized carbons (Fsp3) is 0.0870. The van der Waals surface area contributed by atoms with Crippen LogP contribution in [0.2, 0.25) is 0 Å². The van der Waals surface area contributed by atoms with Crippen molar-refractivity contribution in [2.75, 3.05) is 9.80 Å². The van der Waals surface area contributed by atoms with Crippen LogP contribution in [0, 0.1) is 0 Å². The third-order valence-corrected chi connectivity index (χ3v) is 11.0. The maximum absolute atomic E-state index is 6.45. The van der Waals surface area contributed by atoms with Crippen LogP contribution in [0.4, 0.5) is 34.1 Å². The number of hydrogen-bond donors (Lipinski definition) is 0. The molecular weight excluding hydrogens is 623 g/mol. The Morgan fingerprint density at radius 1 is 0.431 bits per heavy atom. The highest BCUT2D eigenvalue weighted by Crippen LogP contribution is 2.47. The molecule has 0 unspecified atom stereocenters. The van der Waals surface area contributed by atoms with Crippen molar-refractivity contribution in [3.8, 4) is 0 Å². The molecule has 11 rings (SSSR count). The first kappa shape index (κ1) is 28.6. The smallest absolute Gasteiger partial charge is 0.252 e. The zero-order valence-electron chi connectivity index (χ0n) is 28.6. The van der Waals surface area contributed by atoms with Crippen molar-refractivity contribution >= 4 is 101 Å². The number of furan rings is 2. The van der Waals surface area contributed by atoms with E-state index in [1.54, 1.807) is 0 Å². The van der Waals surface area contributed by atoms with Gasteiger partial charge in [-0.1, -0.05) is 93.6 Å². The number of rotatable bonds is 2. The lowest BCUT2D eigenvalue weighted by Gasteiger charge is -2.45. The molecule has 9 aromatic rings. The highest BCUT2D eigenvalue weighted by Gasteiger charge is 2.44. The summed E-state index contributed by atoms with van der Waals surface area (Å²) in [5.41, 5.74) is 15.6. The second kappa shape index (κ2) is 10.2. The van der Waals surface area contributed by atoms with Gasteiger partial charge in [0.2, 0.25) is 0 Å². The first-order valence-electron chi connectivity index (χ1n) is 17.7. The fourth-order valence-corrected chi connectivity index (χ4v) is 8.59. The predicted octanol–water partition coefficient (Wildman–Crippen LogP) is 10.9. The Labute approximate surface area is 296 Å². The molecule has 0 radical (unpaired) electrons. The van der Waals surface area contributed by atoms with Crippen molar-refractivity contribution < 1.29 is 8.83 Å². The van der Waals surface area contributed by atoms with Crippen LogP contribution in [0.5, 0.6) is 0 Å². The Morgan fingerprint density at radius 3 is 1.35 bits per heavy atom. The first-order valence-corrected chi connectivity index (χ1v) is 17.7. The topological polar surface area (TPSA) is 32.8 Å². The van der Waals surface area contributed by atoms with Gasteiger partial charge in [0.25, 0.3) is 6.71 Å². The second-order valence-corrected chi connectivity index (χ2v) is 15.0. The summed E-state index contributed by atoms with van der Waals surface area (Å²) in [6.07, 6.45) is 0. The summed E-state index contributed by atoms with van der Waals surface area (Å²) in [7, 11) is 0. The molecule has 0 atom stereocenters. The molecular formula is C46H33BN2O2. The molecule has 4 heterocycles. The molecule has 7 aromatic carbocycles. The van der Waals surface area contributed by atoms with E-state index in [9.17, 15) is 0 Å². The monoisotopic (exact) mass is 656 g/mol. The zero-order chi connectivity index (χ0) is 34.0. The van der Waals surface area contributed by atoms with Gasteiger partial charge in [0.05, 0.1) is 0 Å². The van der Waals surface area contributed by atoms with Crippen molar-refractivity contribution in [3.05, 3.63) is 151 Å². The maximum Gasteiger partial charge on any atom is 0.252 e. The van der Waals surface area contributed by atoms with Gasteiger partial charge in [-0.05, 0) is 88.0 Å². The predicted molar refractivity (Wildman–Crippen MR) is 214 cm³/mol. The van der Waals surface area contributed by atoms with Crippen molar-refractivity contribution in [1.82, 2.24) is 0 Å². The van der Waals surface area contributed by atoms with Gasteiger partial charge in [0, 0.05) is 67.8 Å². The molecule has 0 saturated carbocycles. The number of nitrogens with zero attached hydrogens (tertiary/aromatic N) is 2. The van der Waals surface area contributed by atoms with Gasteiger partial charge in [0.15, 0.2) is 0 Å². The van der Waals surface area contributed by atoms with Crippen LogP contribution in [-0.2, 0) is 5.41 Å². The van der Waals surface area contributed by atoms with Crippen molar-refractivity contribution in [2.24, 2.45) is 0 Å². The van der Waals surface area contributed by atoms with E-state index >= 15 is 0 Å². The van der Waals surface area contributed by atoms with Gasteiger partial charge in [-0.15, -0.1) is 0 Å². The summed E-state index contributed by atoms with van der Waals surface area (Å²) in [5.74, 6) is 0. The molecule has 4 nitrogen and oxygen atoms in total. The van der Waals surface area contributed by atoms with Gasteiger partial charge in [-0.2, -0.15) is 0 Å². The number of anilines is 6. The normalized spacial score (nSPS) is 13.7. The average Bonchev–Trinajstić information content (AvgIpc) is 3.71. The summed E-state index contributed by atoms with van der Waals surface area (Å²) < 4.78 is 12.9. The van der Waals surface area contributed by atoms with Crippen molar-refractivity contribution in [3.63, 3.8) is 0 Å². The first-order chi connectivity index (χ1) is 24.9. The van der Waals surface area contributed by atoms with Crippen LogP contribution in [0.15, 0.2) is 154 Å². The quantitative estimate of drug-likeness (QED) is 0.173. The minimum absolute atomic E-state index is 0.0637. The molecule has 0 spiro atoms. The van der Waals surface area contributed by atoms with Gasteiger partial charge in [-0.3, -0.25) is 0 Å². The van der Waals surface area contributed by atoms with Crippen LogP contribution in [0.3, 0.4) is 0 Å². The lowest BCUT2D eigenvalue weighted by Crippen LogP contribution is -2.61. The summed E-state index contributed by atoms with van der Waals surface area (Å²) in [5, 5.41) is 4.53. The average molecular weight is 657 g/mol. The van der Waals surface area contributed by atoms with Crippen LogP contribution in [0.25, 0.3) is 43.9 Å². The summed E-state index contributed by atoms with van der Waals surface area (Å²) in [6.45, 7) is 6.99. The van der Waals surface area contributed by atoms with Crippen molar-refractivity contribution in [1.29, 1.82) is 0 Å². The Balaban J connectivity index is 1.21. The van der Waals surface area contributed by atoms with E-state index in [4.69, 9.17) is 8.83 Å². The van der Waals surface area contributed by atoms with E-state index in [-0.39, 0.29) is 12.1 Å². The summed E-state index contributed by atoms with van der Waals surface area (Å²) in [4.78, 5) is 4.92. The van der Waals surface area contributed by atoms with E-state index in [2.05, 4.69) is 152 Å².